The van der Waals surface area contributed by atoms with Gasteiger partial charge in [0.05, 0.1) is 6.20 Å². The number of aryl methyl sites for hydroxylation is 1. The molecular weight excluding hydrogens is 246 g/mol. The summed E-state index contributed by atoms with van der Waals surface area (Å²) in [7, 11) is 1.92. The summed E-state index contributed by atoms with van der Waals surface area (Å²) < 4.78 is 1.80. The number of rotatable bonds is 4. The van der Waals surface area contributed by atoms with Crippen LogP contribution in [0, 0.1) is 0 Å². The van der Waals surface area contributed by atoms with Crippen molar-refractivity contribution in [2.75, 3.05) is 0 Å². The zero-order valence-electron chi connectivity index (χ0n) is 10.4. The van der Waals surface area contributed by atoms with Gasteiger partial charge in [-0.05, 0) is 30.0 Å². The van der Waals surface area contributed by atoms with Gasteiger partial charge in [0.1, 0.15) is 0 Å². The SMILES string of the molecule is Cn1cc(-c2ccc(CNC3CC3)c(Cl)c2)cn1. The molecule has 94 valence electrons. The van der Waals surface area contributed by atoms with Gasteiger partial charge < -0.3 is 5.32 Å². The van der Waals surface area contributed by atoms with Crippen LogP contribution in [-0.4, -0.2) is 15.8 Å². The van der Waals surface area contributed by atoms with E-state index in [1.807, 2.05) is 25.5 Å². The minimum atomic E-state index is 0.707. The Morgan fingerprint density at radius 1 is 1.39 bits per heavy atom. The summed E-state index contributed by atoms with van der Waals surface area (Å²) in [5.74, 6) is 0. The summed E-state index contributed by atoms with van der Waals surface area (Å²) in [6.45, 7) is 0.858. The Morgan fingerprint density at radius 2 is 2.22 bits per heavy atom. The summed E-state index contributed by atoms with van der Waals surface area (Å²) in [5, 5.41) is 8.47. The van der Waals surface area contributed by atoms with E-state index < -0.39 is 0 Å². The predicted octanol–water partition coefficient (Wildman–Crippen LogP) is 2.99. The van der Waals surface area contributed by atoms with Crippen molar-refractivity contribution in [2.45, 2.75) is 25.4 Å². The molecule has 0 bridgehead atoms. The van der Waals surface area contributed by atoms with Crippen LogP contribution in [0.5, 0.6) is 0 Å². The van der Waals surface area contributed by atoms with Crippen LogP contribution in [0.25, 0.3) is 11.1 Å². The fourth-order valence-electron chi connectivity index (χ4n) is 1.98. The fourth-order valence-corrected chi connectivity index (χ4v) is 2.23. The molecule has 1 saturated carbocycles. The van der Waals surface area contributed by atoms with E-state index in [4.69, 9.17) is 11.6 Å². The molecule has 1 aromatic carbocycles. The maximum Gasteiger partial charge on any atom is 0.0568 e. The Hall–Kier alpha value is -1.32. The first-order valence-corrected chi connectivity index (χ1v) is 6.61. The molecule has 1 heterocycles. The van der Waals surface area contributed by atoms with Crippen LogP contribution in [0.2, 0.25) is 5.02 Å². The lowest BCUT2D eigenvalue weighted by atomic mass is 10.1. The van der Waals surface area contributed by atoms with Crippen molar-refractivity contribution in [2.24, 2.45) is 7.05 Å². The first kappa shape index (κ1) is 11.8. The molecule has 0 radical (unpaired) electrons. The molecule has 0 atom stereocenters. The third-order valence-corrected chi connectivity index (χ3v) is 3.60. The van der Waals surface area contributed by atoms with Gasteiger partial charge in [-0.3, -0.25) is 4.68 Å². The quantitative estimate of drug-likeness (QED) is 0.917. The molecule has 0 saturated heterocycles. The monoisotopic (exact) mass is 261 g/mol. The summed E-state index contributed by atoms with van der Waals surface area (Å²) >= 11 is 6.32. The second-order valence-electron chi connectivity index (χ2n) is 4.86. The van der Waals surface area contributed by atoms with Crippen LogP contribution in [-0.2, 0) is 13.6 Å². The van der Waals surface area contributed by atoms with E-state index in [-0.39, 0.29) is 0 Å². The van der Waals surface area contributed by atoms with Crippen molar-refractivity contribution in [1.82, 2.24) is 15.1 Å². The minimum absolute atomic E-state index is 0.707. The average molecular weight is 262 g/mol. The molecule has 1 fully saturated rings. The number of hydrogen-bond acceptors (Lipinski definition) is 2. The van der Waals surface area contributed by atoms with Gasteiger partial charge in [-0.15, -0.1) is 0 Å². The molecular formula is C14H16ClN3. The number of nitrogens with zero attached hydrogens (tertiary/aromatic N) is 2. The molecule has 0 aliphatic heterocycles. The van der Waals surface area contributed by atoms with E-state index in [9.17, 15) is 0 Å². The topological polar surface area (TPSA) is 29.9 Å². The highest BCUT2D eigenvalue weighted by Gasteiger charge is 2.20. The molecule has 3 nitrogen and oxygen atoms in total. The van der Waals surface area contributed by atoms with E-state index in [0.717, 1.165) is 28.3 Å². The molecule has 0 spiro atoms. The lowest BCUT2D eigenvalue weighted by Gasteiger charge is -2.07. The number of benzene rings is 1. The van der Waals surface area contributed by atoms with Gasteiger partial charge in [-0.2, -0.15) is 5.10 Å². The second kappa shape index (κ2) is 4.75. The van der Waals surface area contributed by atoms with Gasteiger partial charge in [0, 0.05) is 36.4 Å². The van der Waals surface area contributed by atoms with Crippen molar-refractivity contribution < 1.29 is 0 Å². The van der Waals surface area contributed by atoms with Gasteiger partial charge in [0.25, 0.3) is 0 Å². The standard InChI is InChI=1S/C14H16ClN3/c1-18-9-12(8-17-18)10-2-3-11(14(15)6-10)7-16-13-4-5-13/h2-3,6,8-9,13,16H,4-5,7H2,1H3. The van der Waals surface area contributed by atoms with Crippen molar-refractivity contribution in [3.63, 3.8) is 0 Å². The van der Waals surface area contributed by atoms with Crippen LogP contribution in [0.3, 0.4) is 0 Å². The largest absolute Gasteiger partial charge is 0.310 e. The molecule has 1 aromatic heterocycles. The van der Waals surface area contributed by atoms with Gasteiger partial charge in [-0.1, -0.05) is 23.7 Å². The smallest absolute Gasteiger partial charge is 0.0568 e. The van der Waals surface area contributed by atoms with E-state index >= 15 is 0 Å². The highest BCUT2D eigenvalue weighted by molar-refractivity contribution is 6.31. The van der Waals surface area contributed by atoms with Gasteiger partial charge in [0.15, 0.2) is 0 Å². The van der Waals surface area contributed by atoms with Crippen molar-refractivity contribution >= 4 is 11.6 Å². The molecule has 1 N–H and O–H groups in total. The highest BCUT2D eigenvalue weighted by atomic mass is 35.5. The van der Waals surface area contributed by atoms with Crippen LogP contribution in [0.4, 0.5) is 0 Å². The zero-order valence-corrected chi connectivity index (χ0v) is 11.1. The lowest BCUT2D eigenvalue weighted by molar-refractivity contribution is 0.688. The van der Waals surface area contributed by atoms with Gasteiger partial charge >= 0.3 is 0 Å². The van der Waals surface area contributed by atoms with Crippen LogP contribution in [0.1, 0.15) is 18.4 Å². The third-order valence-electron chi connectivity index (χ3n) is 3.25. The molecule has 18 heavy (non-hydrogen) atoms. The van der Waals surface area contributed by atoms with E-state index in [1.165, 1.54) is 12.8 Å². The Balaban J connectivity index is 1.79. The number of hydrogen-bond donors (Lipinski definition) is 1. The summed E-state index contributed by atoms with van der Waals surface area (Å²) in [6, 6.07) is 6.93. The second-order valence-corrected chi connectivity index (χ2v) is 5.27. The summed E-state index contributed by atoms with van der Waals surface area (Å²) in [5.41, 5.74) is 3.38. The number of aromatic nitrogens is 2. The van der Waals surface area contributed by atoms with Crippen LogP contribution >= 0.6 is 11.6 Å². The Bertz CT molecular complexity index is 558. The van der Waals surface area contributed by atoms with E-state index in [1.54, 1.807) is 4.68 Å². The van der Waals surface area contributed by atoms with E-state index in [2.05, 4.69) is 22.5 Å². The average Bonchev–Trinajstić information content (AvgIpc) is 3.08. The van der Waals surface area contributed by atoms with E-state index in [0.29, 0.717) is 6.04 Å². The molecule has 1 aliphatic rings. The molecule has 4 heteroatoms. The van der Waals surface area contributed by atoms with Crippen molar-refractivity contribution in [3.8, 4) is 11.1 Å². The highest BCUT2D eigenvalue weighted by Crippen LogP contribution is 2.26. The first-order chi connectivity index (χ1) is 8.72. The molecule has 0 amide bonds. The molecule has 3 rings (SSSR count). The maximum absolute atomic E-state index is 6.32. The Kier molecular flexibility index (Phi) is 3.10. The van der Waals surface area contributed by atoms with Gasteiger partial charge in [-0.25, -0.2) is 0 Å². The third kappa shape index (κ3) is 2.57. The lowest BCUT2D eigenvalue weighted by Crippen LogP contribution is -2.15. The predicted molar refractivity (Wildman–Crippen MR) is 73.5 cm³/mol. The minimum Gasteiger partial charge on any atom is -0.310 e. The van der Waals surface area contributed by atoms with Crippen LogP contribution < -0.4 is 5.32 Å². The zero-order chi connectivity index (χ0) is 12.5. The Labute approximate surface area is 112 Å². The molecule has 2 aromatic rings. The maximum atomic E-state index is 6.32. The Morgan fingerprint density at radius 3 is 2.83 bits per heavy atom. The normalized spacial score (nSPS) is 15.0. The van der Waals surface area contributed by atoms with Crippen molar-refractivity contribution in [3.05, 3.63) is 41.2 Å². The van der Waals surface area contributed by atoms with Crippen LogP contribution in [0.15, 0.2) is 30.6 Å². The molecule has 1 aliphatic carbocycles. The fraction of sp³-hybridized carbons (Fsp3) is 0.357. The van der Waals surface area contributed by atoms with Gasteiger partial charge in [0.2, 0.25) is 0 Å². The van der Waals surface area contributed by atoms with Crippen molar-refractivity contribution in [1.29, 1.82) is 0 Å². The summed E-state index contributed by atoms with van der Waals surface area (Å²) in [6.07, 6.45) is 6.44. The number of halogens is 1. The summed E-state index contributed by atoms with van der Waals surface area (Å²) in [4.78, 5) is 0. The molecule has 0 unspecified atom stereocenters. The first-order valence-electron chi connectivity index (χ1n) is 6.23. The number of nitrogens with one attached hydrogen (secondary N) is 1.